The van der Waals surface area contributed by atoms with Gasteiger partial charge in [-0.15, -0.1) is 0 Å². The van der Waals surface area contributed by atoms with Crippen LogP contribution in [0.1, 0.15) is 39.5 Å². The van der Waals surface area contributed by atoms with Crippen LogP contribution in [0.5, 0.6) is 0 Å². The molecular formula is C12H20O4. The monoisotopic (exact) mass is 228 g/mol. The largest absolute Gasteiger partial charge is 0.465 e. The molecule has 0 aromatic carbocycles. The van der Waals surface area contributed by atoms with Gasteiger partial charge in [-0.25, -0.2) is 0 Å². The quantitative estimate of drug-likeness (QED) is 0.692. The van der Waals surface area contributed by atoms with Crippen molar-refractivity contribution in [3.8, 4) is 0 Å². The molecule has 0 aromatic rings. The van der Waals surface area contributed by atoms with Crippen molar-refractivity contribution in [3.05, 3.63) is 0 Å². The predicted molar refractivity (Wildman–Crippen MR) is 57.8 cm³/mol. The Balaban J connectivity index is 2.24. The summed E-state index contributed by atoms with van der Waals surface area (Å²) in [5.41, 5.74) is -0.584. The van der Waals surface area contributed by atoms with Crippen LogP contribution in [0.25, 0.3) is 0 Å². The molecule has 0 N–H and O–H groups in total. The number of carbonyl (C=O) groups excluding carboxylic acids is 1. The van der Waals surface area contributed by atoms with Crippen LogP contribution in [0, 0.1) is 5.41 Å². The maximum Gasteiger partial charge on any atom is 0.317 e. The highest BCUT2D eigenvalue weighted by atomic mass is 16.7. The lowest BCUT2D eigenvalue weighted by Crippen LogP contribution is -2.51. The molecule has 0 radical (unpaired) electrons. The number of hydrogen-bond acceptors (Lipinski definition) is 4. The van der Waals surface area contributed by atoms with Crippen molar-refractivity contribution in [3.63, 3.8) is 0 Å². The molecule has 2 rings (SSSR count). The van der Waals surface area contributed by atoms with Gasteiger partial charge in [0.15, 0.2) is 5.79 Å². The summed E-state index contributed by atoms with van der Waals surface area (Å²) in [6, 6.07) is 0. The van der Waals surface area contributed by atoms with Crippen molar-refractivity contribution in [1.29, 1.82) is 0 Å². The van der Waals surface area contributed by atoms with E-state index in [4.69, 9.17) is 14.2 Å². The molecule has 1 saturated carbocycles. The fourth-order valence-corrected chi connectivity index (χ4v) is 2.88. The standard InChI is InChI=1S/C12H20O4/c1-3-14-10(13)12(6-4-5-7-12)11(2)15-8-9-16-11/h3-9H2,1-2H3. The van der Waals surface area contributed by atoms with E-state index < -0.39 is 11.2 Å². The Bertz CT molecular complexity index is 262. The van der Waals surface area contributed by atoms with Crippen molar-refractivity contribution in [2.24, 2.45) is 5.41 Å². The minimum Gasteiger partial charge on any atom is -0.465 e. The SMILES string of the molecule is CCOC(=O)C1(C2(C)OCCO2)CCCC1. The molecule has 0 bridgehead atoms. The van der Waals surface area contributed by atoms with E-state index >= 15 is 0 Å². The van der Waals surface area contributed by atoms with Gasteiger partial charge in [0.1, 0.15) is 5.41 Å². The Labute approximate surface area is 96.2 Å². The lowest BCUT2D eigenvalue weighted by Gasteiger charge is -2.39. The second kappa shape index (κ2) is 4.34. The molecule has 0 atom stereocenters. The maximum absolute atomic E-state index is 12.2. The molecule has 2 fully saturated rings. The normalized spacial score (nSPS) is 26.9. The van der Waals surface area contributed by atoms with Crippen LogP contribution < -0.4 is 0 Å². The van der Waals surface area contributed by atoms with Crippen molar-refractivity contribution in [1.82, 2.24) is 0 Å². The number of rotatable bonds is 3. The second-order valence-corrected chi connectivity index (χ2v) is 4.65. The fourth-order valence-electron chi connectivity index (χ4n) is 2.88. The summed E-state index contributed by atoms with van der Waals surface area (Å²) < 4.78 is 16.6. The van der Waals surface area contributed by atoms with Gasteiger partial charge in [-0.1, -0.05) is 12.8 Å². The first-order valence-corrected chi connectivity index (χ1v) is 6.10. The van der Waals surface area contributed by atoms with Gasteiger partial charge in [0.05, 0.1) is 19.8 Å². The predicted octanol–water partition coefficient (Wildman–Crippen LogP) is 1.87. The Kier molecular flexibility index (Phi) is 3.22. The van der Waals surface area contributed by atoms with Gasteiger partial charge in [0, 0.05) is 0 Å². The van der Waals surface area contributed by atoms with Gasteiger partial charge < -0.3 is 14.2 Å². The zero-order valence-electron chi connectivity index (χ0n) is 10.1. The van der Waals surface area contributed by atoms with Gasteiger partial charge in [-0.2, -0.15) is 0 Å². The molecule has 0 spiro atoms. The molecule has 92 valence electrons. The summed E-state index contributed by atoms with van der Waals surface area (Å²) in [6.07, 6.45) is 3.70. The van der Waals surface area contributed by atoms with E-state index in [9.17, 15) is 4.79 Å². The number of esters is 1. The van der Waals surface area contributed by atoms with Crippen molar-refractivity contribution in [2.45, 2.75) is 45.3 Å². The fraction of sp³-hybridized carbons (Fsp3) is 0.917. The highest BCUT2D eigenvalue weighted by molar-refractivity contribution is 5.78. The van der Waals surface area contributed by atoms with Gasteiger partial charge in [0.2, 0.25) is 0 Å². The Morgan fingerprint density at radius 3 is 2.31 bits per heavy atom. The Hall–Kier alpha value is -0.610. The zero-order chi connectivity index (χ0) is 11.6. The van der Waals surface area contributed by atoms with Crippen LogP contribution >= 0.6 is 0 Å². The molecule has 16 heavy (non-hydrogen) atoms. The number of carbonyl (C=O) groups is 1. The van der Waals surface area contributed by atoms with Gasteiger partial charge in [-0.05, 0) is 26.7 Å². The molecule has 4 nitrogen and oxygen atoms in total. The molecule has 2 aliphatic rings. The lowest BCUT2D eigenvalue weighted by molar-refractivity contribution is -0.233. The molecule has 1 heterocycles. The summed E-state index contributed by atoms with van der Waals surface area (Å²) in [7, 11) is 0. The smallest absolute Gasteiger partial charge is 0.317 e. The van der Waals surface area contributed by atoms with E-state index in [0.717, 1.165) is 25.7 Å². The first kappa shape index (κ1) is 11.9. The summed E-state index contributed by atoms with van der Waals surface area (Å²) in [5.74, 6) is -0.938. The molecular weight excluding hydrogens is 208 g/mol. The third-order valence-corrected chi connectivity index (χ3v) is 3.83. The number of ether oxygens (including phenoxy) is 3. The van der Waals surface area contributed by atoms with Gasteiger partial charge in [-0.3, -0.25) is 4.79 Å². The van der Waals surface area contributed by atoms with Gasteiger partial charge in [0.25, 0.3) is 0 Å². The minimum absolute atomic E-state index is 0.156. The van der Waals surface area contributed by atoms with Crippen LogP contribution in [0.4, 0.5) is 0 Å². The van der Waals surface area contributed by atoms with E-state index in [0.29, 0.717) is 19.8 Å². The van der Waals surface area contributed by atoms with E-state index in [-0.39, 0.29) is 5.97 Å². The second-order valence-electron chi connectivity index (χ2n) is 4.65. The van der Waals surface area contributed by atoms with Crippen LogP contribution in [0.15, 0.2) is 0 Å². The summed E-state index contributed by atoms with van der Waals surface area (Å²) in [4.78, 5) is 12.2. The van der Waals surface area contributed by atoms with E-state index in [1.54, 1.807) is 0 Å². The first-order valence-electron chi connectivity index (χ1n) is 6.10. The van der Waals surface area contributed by atoms with Crippen molar-refractivity contribution >= 4 is 5.97 Å². The van der Waals surface area contributed by atoms with E-state index in [1.807, 2.05) is 13.8 Å². The molecule has 0 amide bonds. The maximum atomic E-state index is 12.2. The molecule has 1 aliphatic carbocycles. The third-order valence-electron chi connectivity index (χ3n) is 3.83. The Morgan fingerprint density at radius 1 is 1.25 bits per heavy atom. The lowest BCUT2D eigenvalue weighted by atomic mass is 9.78. The molecule has 0 unspecified atom stereocenters. The van der Waals surface area contributed by atoms with Crippen molar-refractivity contribution < 1.29 is 19.0 Å². The highest BCUT2D eigenvalue weighted by Gasteiger charge is 2.59. The van der Waals surface area contributed by atoms with Crippen LogP contribution in [-0.4, -0.2) is 31.6 Å². The first-order chi connectivity index (χ1) is 7.65. The van der Waals surface area contributed by atoms with Crippen LogP contribution in [-0.2, 0) is 19.0 Å². The number of hydrogen-bond donors (Lipinski definition) is 0. The third kappa shape index (κ3) is 1.64. The summed E-state index contributed by atoms with van der Waals surface area (Å²) in [5, 5.41) is 0. The minimum atomic E-state index is -0.782. The summed E-state index contributed by atoms with van der Waals surface area (Å²) in [6.45, 7) is 5.26. The van der Waals surface area contributed by atoms with Crippen LogP contribution in [0.3, 0.4) is 0 Å². The Morgan fingerprint density at radius 2 is 1.81 bits per heavy atom. The van der Waals surface area contributed by atoms with Gasteiger partial charge >= 0.3 is 5.97 Å². The zero-order valence-corrected chi connectivity index (χ0v) is 10.1. The average Bonchev–Trinajstić information content (AvgIpc) is 2.87. The molecule has 1 aliphatic heterocycles. The molecule has 4 heteroatoms. The van der Waals surface area contributed by atoms with E-state index in [1.165, 1.54) is 0 Å². The molecule has 0 aromatic heterocycles. The highest BCUT2D eigenvalue weighted by Crippen LogP contribution is 2.51. The average molecular weight is 228 g/mol. The topological polar surface area (TPSA) is 44.8 Å². The molecule has 1 saturated heterocycles. The van der Waals surface area contributed by atoms with Crippen LogP contribution in [0.2, 0.25) is 0 Å². The van der Waals surface area contributed by atoms with E-state index in [2.05, 4.69) is 0 Å². The summed E-state index contributed by atoms with van der Waals surface area (Å²) >= 11 is 0. The van der Waals surface area contributed by atoms with Crippen molar-refractivity contribution in [2.75, 3.05) is 19.8 Å².